The number of hydrogen-bond acceptors (Lipinski definition) is 6. The van der Waals surface area contributed by atoms with Crippen LogP contribution in [0, 0.1) is 23.1 Å². The summed E-state index contributed by atoms with van der Waals surface area (Å²) in [6, 6.07) is 4.11. The fraction of sp³-hybridized carbons (Fsp3) is 0.273. The summed E-state index contributed by atoms with van der Waals surface area (Å²) in [6.45, 7) is 2.31. The molecule has 1 aliphatic heterocycles. The minimum absolute atomic E-state index is 0.0155. The molecule has 0 saturated carbocycles. The van der Waals surface area contributed by atoms with Gasteiger partial charge in [0.05, 0.1) is 34.3 Å². The summed E-state index contributed by atoms with van der Waals surface area (Å²) in [7, 11) is 1.70. The average Bonchev–Trinajstić information content (AvgIpc) is 3.34. The Hall–Kier alpha value is -4.04. The predicted molar refractivity (Wildman–Crippen MR) is 121 cm³/mol. The van der Waals surface area contributed by atoms with Crippen molar-refractivity contribution < 1.29 is 14.0 Å². The van der Waals surface area contributed by atoms with Crippen LogP contribution < -0.4 is 5.32 Å². The molecule has 34 heavy (non-hydrogen) atoms. The first-order chi connectivity index (χ1) is 16.3. The zero-order chi connectivity index (χ0) is 24.1. The van der Waals surface area contributed by atoms with Crippen molar-refractivity contribution in [1.82, 2.24) is 34.9 Å². The highest BCUT2D eigenvalue weighted by Crippen LogP contribution is 2.31. The smallest absolute Gasteiger partial charge is 0.255 e. The van der Waals surface area contributed by atoms with Crippen LogP contribution >= 0.6 is 11.6 Å². The van der Waals surface area contributed by atoms with E-state index in [0.29, 0.717) is 41.0 Å². The summed E-state index contributed by atoms with van der Waals surface area (Å²) in [5, 5.41) is 16.5. The summed E-state index contributed by atoms with van der Waals surface area (Å²) in [4.78, 5) is 38.7. The molecule has 172 valence electrons. The quantitative estimate of drug-likeness (QED) is 0.461. The number of nitrogens with zero attached hydrogens (tertiary/aromatic N) is 6. The third kappa shape index (κ3) is 3.52. The van der Waals surface area contributed by atoms with Crippen molar-refractivity contribution in [2.24, 2.45) is 13.0 Å². The molecular formula is C22H18ClFN8O2. The minimum Gasteiger partial charge on any atom is -0.344 e. The predicted octanol–water partition coefficient (Wildman–Crippen LogP) is 2.40. The summed E-state index contributed by atoms with van der Waals surface area (Å²) in [5.41, 5.74) is 2.23. The molecule has 1 aliphatic rings. The standard InChI is InChI=1S/C22H18ClFN8O2/c1-10(22(34)32-8-11(5-25)9-32)28-21(33)13-6-26-20-19(13)29-16(7-27-20)18-12-3-15(24)14(23)4-17(12)31(2)30-18/h3-4,6-7,10-11H,8-9H2,1-2H3,(H,26,27)(H,28,33)/t10-/m1/s1. The molecule has 3 aromatic heterocycles. The second kappa shape index (κ2) is 8.07. The number of carbonyl (C=O) groups excluding carboxylic acids is 2. The highest BCUT2D eigenvalue weighted by atomic mass is 35.5. The van der Waals surface area contributed by atoms with Gasteiger partial charge < -0.3 is 15.2 Å². The molecule has 5 rings (SSSR count). The number of carbonyl (C=O) groups is 2. The van der Waals surface area contributed by atoms with Crippen LogP contribution in [0.1, 0.15) is 17.3 Å². The van der Waals surface area contributed by atoms with Gasteiger partial charge in [0.2, 0.25) is 5.91 Å². The number of fused-ring (bicyclic) bond motifs is 2. The Morgan fingerprint density at radius 3 is 2.88 bits per heavy atom. The van der Waals surface area contributed by atoms with Gasteiger partial charge in [-0.15, -0.1) is 0 Å². The lowest BCUT2D eigenvalue weighted by Gasteiger charge is -2.37. The molecule has 1 saturated heterocycles. The van der Waals surface area contributed by atoms with E-state index >= 15 is 0 Å². The largest absolute Gasteiger partial charge is 0.344 e. The molecule has 0 aliphatic carbocycles. The molecule has 12 heteroatoms. The number of nitrogens with one attached hydrogen (secondary N) is 2. The van der Waals surface area contributed by atoms with Gasteiger partial charge in [-0.25, -0.2) is 14.4 Å². The summed E-state index contributed by atoms with van der Waals surface area (Å²) in [5.74, 6) is -1.51. The van der Waals surface area contributed by atoms with Crippen molar-refractivity contribution in [3.63, 3.8) is 0 Å². The Labute approximate surface area is 197 Å². The molecule has 2 amide bonds. The maximum absolute atomic E-state index is 14.1. The fourth-order valence-electron chi connectivity index (χ4n) is 3.97. The van der Waals surface area contributed by atoms with Gasteiger partial charge in [-0.3, -0.25) is 14.3 Å². The normalized spacial score (nSPS) is 14.7. The molecule has 10 nitrogen and oxygen atoms in total. The molecule has 0 bridgehead atoms. The summed E-state index contributed by atoms with van der Waals surface area (Å²) >= 11 is 5.91. The van der Waals surface area contributed by atoms with Crippen LogP contribution in [0.4, 0.5) is 4.39 Å². The van der Waals surface area contributed by atoms with Crippen LogP contribution in [0.3, 0.4) is 0 Å². The fourth-order valence-corrected chi connectivity index (χ4v) is 4.13. The van der Waals surface area contributed by atoms with Crippen molar-refractivity contribution in [2.45, 2.75) is 13.0 Å². The highest BCUT2D eigenvalue weighted by Gasteiger charge is 2.33. The van der Waals surface area contributed by atoms with Crippen molar-refractivity contribution in [1.29, 1.82) is 5.26 Å². The van der Waals surface area contributed by atoms with Crippen LogP contribution in [0.25, 0.3) is 33.5 Å². The summed E-state index contributed by atoms with van der Waals surface area (Å²) < 4.78 is 15.7. The lowest BCUT2D eigenvalue weighted by atomic mass is 10.0. The second-order valence-corrected chi connectivity index (χ2v) is 8.58. The third-order valence-corrected chi connectivity index (χ3v) is 6.14. The van der Waals surface area contributed by atoms with E-state index in [2.05, 4.69) is 31.4 Å². The number of nitriles is 1. The van der Waals surface area contributed by atoms with E-state index in [4.69, 9.17) is 16.9 Å². The molecular weight excluding hydrogens is 463 g/mol. The topological polar surface area (TPSA) is 133 Å². The lowest BCUT2D eigenvalue weighted by molar-refractivity contribution is -0.137. The van der Waals surface area contributed by atoms with E-state index in [1.807, 2.05) is 0 Å². The molecule has 4 heterocycles. The third-order valence-electron chi connectivity index (χ3n) is 5.85. The van der Waals surface area contributed by atoms with Crippen LogP contribution in [-0.4, -0.2) is 60.6 Å². The number of likely N-dealkylation sites (tertiary alicyclic amines) is 1. The number of aromatic amines is 1. The number of benzene rings is 1. The number of H-pyrrole nitrogens is 1. The number of rotatable bonds is 4. The molecule has 4 aromatic rings. The molecule has 0 spiro atoms. The number of hydrogen-bond donors (Lipinski definition) is 2. The van der Waals surface area contributed by atoms with Crippen molar-refractivity contribution in [3.8, 4) is 17.5 Å². The average molecular weight is 481 g/mol. The van der Waals surface area contributed by atoms with E-state index in [0.717, 1.165) is 0 Å². The Bertz CT molecular complexity index is 1510. The van der Waals surface area contributed by atoms with Crippen molar-refractivity contribution in [2.75, 3.05) is 13.1 Å². The molecule has 1 atom stereocenters. The minimum atomic E-state index is -0.777. The Kier molecular flexibility index (Phi) is 5.17. The van der Waals surface area contributed by atoms with E-state index in [9.17, 15) is 14.0 Å². The maximum atomic E-state index is 14.1. The first kappa shape index (κ1) is 21.8. The first-order valence-electron chi connectivity index (χ1n) is 10.4. The SMILES string of the molecule is C[C@@H](NC(=O)c1c[nH]c2ncc(-c3nn(C)c4cc(Cl)c(F)cc34)nc12)C(=O)N1CC(C#N)C1. The molecule has 1 aromatic carbocycles. The van der Waals surface area contributed by atoms with Gasteiger partial charge in [0.15, 0.2) is 5.65 Å². The van der Waals surface area contributed by atoms with Gasteiger partial charge in [0, 0.05) is 31.7 Å². The van der Waals surface area contributed by atoms with E-state index in [1.165, 1.54) is 29.4 Å². The molecule has 2 N–H and O–H groups in total. The lowest BCUT2D eigenvalue weighted by Crippen LogP contribution is -2.55. The van der Waals surface area contributed by atoms with Gasteiger partial charge in [0.25, 0.3) is 5.91 Å². The molecule has 0 radical (unpaired) electrons. The van der Waals surface area contributed by atoms with Crippen LogP contribution in [0.15, 0.2) is 24.5 Å². The molecule has 1 fully saturated rings. The van der Waals surface area contributed by atoms with Crippen molar-refractivity contribution in [3.05, 3.63) is 40.9 Å². The van der Waals surface area contributed by atoms with E-state index in [-0.39, 0.29) is 27.9 Å². The Morgan fingerprint density at radius 1 is 1.38 bits per heavy atom. The van der Waals surface area contributed by atoms with E-state index < -0.39 is 17.8 Å². The molecule has 0 unspecified atom stereocenters. The Balaban J connectivity index is 1.44. The monoisotopic (exact) mass is 480 g/mol. The zero-order valence-electron chi connectivity index (χ0n) is 18.1. The second-order valence-electron chi connectivity index (χ2n) is 8.17. The first-order valence-corrected chi connectivity index (χ1v) is 10.8. The van der Waals surface area contributed by atoms with Gasteiger partial charge in [-0.05, 0) is 19.1 Å². The Morgan fingerprint density at radius 2 is 2.15 bits per heavy atom. The van der Waals surface area contributed by atoms with Gasteiger partial charge >= 0.3 is 0 Å². The van der Waals surface area contributed by atoms with E-state index in [1.54, 1.807) is 18.7 Å². The van der Waals surface area contributed by atoms with Gasteiger partial charge in [-0.1, -0.05) is 11.6 Å². The maximum Gasteiger partial charge on any atom is 0.255 e. The van der Waals surface area contributed by atoms with Crippen LogP contribution in [0.2, 0.25) is 5.02 Å². The van der Waals surface area contributed by atoms with Crippen LogP contribution in [0.5, 0.6) is 0 Å². The van der Waals surface area contributed by atoms with Gasteiger partial charge in [0.1, 0.15) is 28.8 Å². The summed E-state index contributed by atoms with van der Waals surface area (Å²) in [6.07, 6.45) is 2.95. The zero-order valence-corrected chi connectivity index (χ0v) is 18.9. The number of aryl methyl sites for hydroxylation is 1. The van der Waals surface area contributed by atoms with Crippen molar-refractivity contribution >= 4 is 45.5 Å². The van der Waals surface area contributed by atoms with Gasteiger partial charge in [-0.2, -0.15) is 10.4 Å². The number of aromatic nitrogens is 5. The number of amides is 2. The number of halogens is 2. The van der Waals surface area contributed by atoms with Crippen LogP contribution in [-0.2, 0) is 11.8 Å². The highest BCUT2D eigenvalue weighted by molar-refractivity contribution is 6.31.